The summed E-state index contributed by atoms with van der Waals surface area (Å²) >= 11 is 6.39. The van der Waals surface area contributed by atoms with Gasteiger partial charge in [0.1, 0.15) is 0 Å². The highest BCUT2D eigenvalue weighted by molar-refractivity contribution is 6.39. The summed E-state index contributed by atoms with van der Waals surface area (Å²) in [6.45, 7) is 3.60. The zero-order valence-electron chi connectivity index (χ0n) is 13.6. The van der Waals surface area contributed by atoms with Crippen molar-refractivity contribution in [1.82, 2.24) is 5.32 Å². The maximum absolute atomic E-state index is 12.7. The fourth-order valence-corrected chi connectivity index (χ4v) is 3.31. The molecule has 25 heavy (non-hydrogen) atoms. The summed E-state index contributed by atoms with van der Waals surface area (Å²) in [6.07, 6.45) is 1.66. The first-order valence-electron chi connectivity index (χ1n) is 8.26. The highest BCUT2D eigenvalue weighted by atomic mass is 35.5. The number of carbonyl (C=O) groups is 1. The summed E-state index contributed by atoms with van der Waals surface area (Å²) in [4.78, 5) is 14.9. The molecule has 0 bridgehead atoms. The Labute approximate surface area is 150 Å². The van der Waals surface area contributed by atoms with Crippen molar-refractivity contribution >= 4 is 40.0 Å². The van der Waals surface area contributed by atoms with Gasteiger partial charge in [0.05, 0.1) is 17.6 Å². The molecule has 3 aromatic rings. The fourth-order valence-electron chi connectivity index (χ4n) is 3.11. The van der Waals surface area contributed by atoms with Gasteiger partial charge in [0.2, 0.25) is 0 Å². The smallest absolute Gasteiger partial charge is 0.272 e. The fraction of sp³-hybridized carbons (Fsp3) is 0.211. The molecule has 4 rings (SSSR count). The minimum atomic E-state index is -0.253. The number of carbonyl (C=O) groups excluding carboxylic acids is 1. The number of nitrogens with one attached hydrogen (secondary N) is 1. The summed E-state index contributed by atoms with van der Waals surface area (Å²) in [6, 6.07) is 14.7. The Morgan fingerprint density at radius 1 is 1.12 bits per heavy atom. The molecular formula is C19H18ClN3O2. The average Bonchev–Trinajstić information content (AvgIpc) is 3.16. The topological polar surface area (TPSA) is 48.7 Å². The lowest BCUT2D eigenvalue weighted by atomic mass is 10.1. The lowest BCUT2D eigenvalue weighted by molar-refractivity contribution is 0.101. The molecule has 1 N–H and O–H groups in total. The second kappa shape index (κ2) is 6.78. The molecule has 1 aromatic heterocycles. The third kappa shape index (κ3) is 3.08. The van der Waals surface area contributed by atoms with E-state index in [0.29, 0.717) is 11.3 Å². The Hall–Kier alpha value is -2.50. The number of fused-ring (bicyclic) bond motifs is 1. The predicted octanol–water partition coefficient (Wildman–Crippen LogP) is 3.64. The van der Waals surface area contributed by atoms with Crippen LogP contribution in [0, 0.1) is 0 Å². The van der Waals surface area contributed by atoms with Gasteiger partial charge >= 0.3 is 0 Å². The zero-order valence-corrected chi connectivity index (χ0v) is 14.4. The lowest BCUT2D eigenvalue weighted by Gasteiger charge is -2.30. The minimum absolute atomic E-state index is 0.253. The molecule has 2 heterocycles. The molecule has 1 saturated heterocycles. The quantitative estimate of drug-likeness (QED) is 0.729. The Kier molecular flexibility index (Phi) is 4.34. The average molecular weight is 356 g/mol. The van der Waals surface area contributed by atoms with E-state index >= 15 is 0 Å². The monoisotopic (exact) mass is 355 g/mol. The number of piperazine rings is 1. The van der Waals surface area contributed by atoms with Gasteiger partial charge in [-0.3, -0.25) is 4.79 Å². The molecule has 0 unspecified atom stereocenters. The van der Waals surface area contributed by atoms with Gasteiger partial charge in [-0.15, -0.1) is 0 Å². The van der Waals surface area contributed by atoms with E-state index in [0.717, 1.165) is 42.8 Å². The van der Waals surface area contributed by atoms with E-state index in [9.17, 15) is 4.79 Å². The SMILES string of the molecule is O=C(c1ccccc1)N(Cl)c1cc(N2CCNCC2)c2occc2c1. The first-order valence-corrected chi connectivity index (χ1v) is 8.60. The van der Waals surface area contributed by atoms with Gasteiger partial charge in [-0.1, -0.05) is 18.2 Å². The number of anilines is 2. The van der Waals surface area contributed by atoms with Crippen LogP contribution in [0.5, 0.6) is 0 Å². The van der Waals surface area contributed by atoms with Crippen LogP contribution >= 0.6 is 11.8 Å². The van der Waals surface area contributed by atoms with Crippen molar-refractivity contribution in [1.29, 1.82) is 0 Å². The van der Waals surface area contributed by atoms with Crippen molar-refractivity contribution in [3.05, 3.63) is 60.4 Å². The summed E-state index contributed by atoms with van der Waals surface area (Å²) in [5, 5.41) is 4.27. The van der Waals surface area contributed by atoms with Gasteiger partial charge in [0.15, 0.2) is 5.58 Å². The number of nitrogens with zero attached hydrogens (tertiary/aromatic N) is 2. The van der Waals surface area contributed by atoms with E-state index < -0.39 is 0 Å². The Morgan fingerprint density at radius 2 is 1.88 bits per heavy atom. The van der Waals surface area contributed by atoms with Crippen LogP contribution in [0.15, 0.2) is 59.2 Å². The van der Waals surface area contributed by atoms with Gasteiger partial charge in [-0.25, -0.2) is 4.42 Å². The summed E-state index contributed by atoms with van der Waals surface area (Å²) in [7, 11) is 0. The highest BCUT2D eigenvalue weighted by Crippen LogP contribution is 2.34. The molecule has 6 heteroatoms. The Morgan fingerprint density at radius 3 is 2.64 bits per heavy atom. The molecule has 128 valence electrons. The van der Waals surface area contributed by atoms with Crippen molar-refractivity contribution in [3.8, 4) is 0 Å². The Balaban J connectivity index is 1.73. The lowest BCUT2D eigenvalue weighted by Crippen LogP contribution is -2.43. The van der Waals surface area contributed by atoms with Gasteiger partial charge in [-0.2, -0.15) is 0 Å². The highest BCUT2D eigenvalue weighted by Gasteiger charge is 2.21. The normalized spacial score (nSPS) is 14.7. The van der Waals surface area contributed by atoms with Gasteiger partial charge in [0.25, 0.3) is 5.91 Å². The third-order valence-corrected chi connectivity index (χ3v) is 4.75. The summed E-state index contributed by atoms with van der Waals surface area (Å²) < 4.78 is 6.85. The maximum Gasteiger partial charge on any atom is 0.272 e. The zero-order chi connectivity index (χ0) is 17.2. The van der Waals surface area contributed by atoms with E-state index in [1.165, 1.54) is 4.42 Å². The van der Waals surface area contributed by atoms with Crippen LogP contribution < -0.4 is 14.6 Å². The van der Waals surface area contributed by atoms with Crippen LogP contribution in [-0.2, 0) is 0 Å². The molecule has 1 amide bonds. The van der Waals surface area contributed by atoms with Gasteiger partial charge in [0, 0.05) is 48.9 Å². The molecular weight excluding hydrogens is 338 g/mol. The maximum atomic E-state index is 12.7. The van der Waals surface area contributed by atoms with Crippen LogP contribution in [0.2, 0.25) is 0 Å². The van der Waals surface area contributed by atoms with E-state index in [-0.39, 0.29) is 5.91 Å². The molecule has 5 nitrogen and oxygen atoms in total. The second-order valence-electron chi connectivity index (χ2n) is 5.99. The first kappa shape index (κ1) is 16.0. The molecule has 1 aliphatic heterocycles. The van der Waals surface area contributed by atoms with E-state index in [1.807, 2.05) is 36.4 Å². The molecule has 2 aromatic carbocycles. The van der Waals surface area contributed by atoms with Crippen molar-refractivity contribution in [2.45, 2.75) is 0 Å². The number of hydrogen-bond acceptors (Lipinski definition) is 4. The molecule has 0 spiro atoms. The number of hydrogen-bond donors (Lipinski definition) is 1. The van der Waals surface area contributed by atoms with Crippen LogP contribution in [0.4, 0.5) is 11.4 Å². The molecule has 0 aliphatic carbocycles. The number of halogens is 1. The largest absolute Gasteiger partial charge is 0.462 e. The standard InChI is InChI=1S/C19H18ClN3O2/c20-23(19(24)14-4-2-1-3-5-14)16-12-15-6-11-25-18(15)17(13-16)22-9-7-21-8-10-22/h1-6,11-13,21H,7-10H2. The molecule has 1 fully saturated rings. The van der Waals surface area contributed by atoms with Crippen molar-refractivity contribution in [3.63, 3.8) is 0 Å². The summed E-state index contributed by atoms with van der Waals surface area (Å²) in [5.41, 5.74) is 2.97. The molecule has 0 radical (unpaired) electrons. The third-order valence-electron chi connectivity index (χ3n) is 4.40. The van der Waals surface area contributed by atoms with Crippen molar-refractivity contribution < 1.29 is 9.21 Å². The Bertz CT molecular complexity index is 888. The van der Waals surface area contributed by atoms with Gasteiger partial charge < -0.3 is 14.6 Å². The summed E-state index contributed by atoms with van der Waals surface area (Å²) in [5.74, 6) is -0.253. The number of amides is 1. The molecule has 1 aliphatic rings. The van der Waals surface area contributed by atoms with Crippen LogP contribution in [0.1, 0.15) is 10.4 Å². The van der Waals surface area contributed by atoms with E-state index in [1.54, 1.807) is 18.4 Å². The van der Waals surface area contributed by atoms with E-state index in [4.69, 9.17) is 16.2 Å². The van der Waals surface area contributed by atoms with Crippen molar-refractivity contribution in [2.75, 3.05) is 35.5 Å². The molecule has 0 saturated carbocycles. The number of furan rings is 1. The second-order valence-corrected chi connectivity index (χ2v) is 6.33. The number of rotatable bonds is 3. The van der Waals surface area contributed by atoms with Crippen molar-refractivity contribution in [2.24, 2.45) is 0 Å². The number of benzene rings is 2. The van der Waals surface area contributed by atoms with Gasteiger partial charge in [-0.05, 0) is 30.3 Å². The minimum Gasteiger partial charge on any atom is -0.462 e. The van der Waals surface area contributed by atoms with E-state index in [2.05, 4.69) is 10.2 Å². The molecule has 0 atom stereocenters. The van der Waals surface area contributed by atoms with Crippen LogP contribution in [0.3, 0.4) is 0 Å². The predicted molar refractivity (Wildman–Crippen MR) is 100 cm³/mol. The van der Waals surface area contributed by atoms with Crippen LogP contribution in [0.25, 0.3) is 11.0 Å². The first-order chi connectivity index (χ1) is 12.2. The van der Waals surface area contributed by atoms with Crippen LogP contribution in [-0.4, -0.2) is 32.1 Å².